The van der Waals surface area contributed by atoms with E-state index in [2.05, 4.69) is 17.2 Å². The highest BCUT2D eigenvalue weighted by Crippen LogP contribution is 2.36. The van der Waals surface area contributed by atoms with Crippen molar-refractivity contribution >= 4 is 17.3 Å². The van der Waals surface area contributed by atoms with Gasteiger partial charge in [-0.2, -0.15) is 0 Å². The van der Waals surface area contributed by atoms with Gasteiger partial charge in [-0.25, -0.2) is 4.98 Å². The minimum absolute atomic E-state index is 0.0194. The van der Waals surface area contributed by atoms with Gasteiger partial charge in [0.15, 0.2) is 0 Å². The average molecular weight is 269 g/mol. The molecule has 0 bridgehead atoms. The van der Waals surface area contributed by atoms with Gasteiger partial charge in [-0.3, -0.25) is 0 Å². The lowest BCUT2D eigenvalue weighted by Crippen LogP contribution is -2.44. The van der Waals surface area contributed by atoms with E-state index in [1.165, 1.54) is 12.8 Å². The molecule has 0 saturated heterocycles. The van der Waals surface area contributed by atoms with Crippen molar-refractivity contribution in [3.05, 3.63) is 18.3 Å². The monoisotopic (exact) mass is 268 g/mol. The number of nitrogens with one attached hydrogen (secondary N) is 1. The third-order valence-corrected chi connectivity index (χ3v) is 4.21. The van der Waals surface area contributed by atoms with Crippen molar-refractivity contribution in [2.75, 3.05) is 18.3 Å². The first-order valence-electron chi connectivity index (χ1n) is 6.52. The van der Waals surface area contributed by atoms with Crippen LogP contribution in [-0.2, 0) is 0 Å². The number of pyridine rings is 1. The number of hydrogen-bond donors (Lipinski definition) is 1. The summed E-state index contributed by atoms with van der Waals surface area (Å²) in [5, 5.41) is 3.60. The van der Waals surface area contributed by atoms with E-state index in [1.807, 2.05) is 12.1 Å². The van der Waals surface area contributed by atoms with Crippen LogP contribution < -0.4 is 10.1 Å². The number of nitrogens with zero attached hydrogens (tertiary/aromatic N) is 1. The first kappa shape index (κ1) is 13.5. The summed E-state index contributed by atoms with van der Waals surface area (Å²) in [7, 11) is 1.63. The molecular formula is C14H21ClN2O. The number of aromatic nitrogens is 1. The molecule has 1 heterocycles. The lowest BCUT2D eigenvalue weighted by atomic mass is 9.77. The van der Waals surface area contributed by atoms with Crippen molar-refractivity contribution in [1.29, 1.82) is 0 Å². The van der Waals surface area contributed by atoms with Crippen molar-refractivity contribution in [2.24, 2.45) is 5.92 Å². The Balaban J connectivity index is 2.13. The van der Waals surface area contributed by atoms with Crippen LogP contribution in [-0.4, -0.2) is 23.5 Å². The van der Waals surface area contributed by atoms with Crippen LogP contribution in [0.1, 0.15) is 32.6 Å². The maximum absolute atomic E-state index is 6.22. The van der Waals surface area contributed by atoms with Gasteiger partial charge in [0.2, 0.25) is 5.88 Å². The largest absolute Gasteiger partial charge is 0.481 e. The summed E-state index contributed by atoms with van der Waals surface area (Å²) in [6, 6.07) is 3.89. The van der Waals surface area contributed by atoms with E-state index in [4.69, 9.17) is 16.3 Å². The molecular weight excluding hydrogens is 248 g/mol. The number of ether oxygens (including phenoxy) is 1. The van der Waals surface area contributed by atoms with Crippen molar-refractivity contribution in [2.45, 2.75) is 38.1 Å². The highest BCUT2D eigenvalue weighted by molar-refractivity contribution is 6.18. The summed E-state index contributed by atoms with van der Waals surface area (Å²) in [5.41, 5.74) is 1.06. The molecule has 3 nitrogen and oxygen atoms in total. The van der Waals surface area contributed by atoms with E-state index < -0.39 is 0 Å². The van der Waals surface area contributed by atoms with Crippen LogP contribution in [0.2, 0.25) is 0 Å². The van der Waals surface area contributed by atoms with Gasteiger partial charge in [0.05, 0.1) is 12.6 Å². The number of halogens is 1. The second-order valence-electron chi connectivity index (χ2n) is 5.33. The molecule has 0 aliphatic heterocycles. The highest BCUT2D eigenvalue weighted by atomic mass is 35.5. The molecule has 0 amide bonds. The minimum Gasteiger partial charge on any atom is -0.481 e. The minimum atomic E-state index is 0.0194. The van der Waals surface area contributed by atoms with Gasteiger partial charge in [-0.05, 0) is 24.8 Å². The number of anilines is 1. The normalized spacial score (nSPS) is 27.8. The smallest absolute Gasteiger partial charge is 0.214 e. The topological polar surface area (TPSA) is 34.1 Å². The van der Waals surface area contributed by atoms with E-state index in [9.17, 15) is 0 Å². The van der Waals surface area contributed by atoms with Crippen molar-refractivity contribution in [3.8, 4) is 5.88 Å². The molecule has 1 aromatic heterocycles. The third-order valence-electron chi connectivity index (χ3n) is 3.70. The molecule has 1 aliphatic carbocycles. The quantitative estimate of drug-likeness (QED) is 0.846. The Labute approximate surface area is 114 Å². The van der Waals surface area contributed by atoms with E-state index in [-0.39, 0.29) is 5.54 Å². The van der Waals surface area contributed by atoms with Crippen LogP contribution in [0.5, 0.6) is 5.88 Å². The zero-order valence-corrected chi connectivity index (χ0v) is 11.8. The average Bonchev–Trinajstić information content (AvgIpc) is 2.39. The van der Waals surface area contributed by atoms with Crippen LogP contribution in [0.4, 0.5) is 5.69 Å². The van der Waals surface area contributed by atoms with Gasteiger partial charge in [0, 0.05) is 23.8 Å². The van der Waals surface area contributed by atoms with E-state index in [0.717, 1.165) is 24.4 Å². The standard InChI is InChI=1S/C14H21ClN2O/c1-11-4-3-6-14(9-11,10-15)17-12-5-7-16-13(8-12)18-2/h5,7-8,11H,3-4,6,9-10H2,1-2H3,(H,16,17). The van der Waals surface area contributed by atoms with Gasteiger partial charge in [0.1, 0.15) is 0 Å². The highest BCUT2D eigenvalue weighted by Gasteiger charge is 2.34. The van der Waals surface area contributed by atoms with Gasteiger partial charge in [0.25, 0.3) is 0 Å². The lowest BCUT2D eigenvalue weighted by Gasteiger charge is -2.40. The molecule has 2 rings (SSSR count). The predicted molar refractivity (Wildman–Crippen MR) is 75.5 cm³/mol. The lowest BCUT2D eigenvalue weighted by molar-refractivity contribution is 0.279. The molecule has 18 heavy (non-hydrogen) atoms. The second kappa shape index (κ2) is 5.79. The van der Waals surface area contributed by atoms with E-state index >= 15 is 0 Å². The third kappa shape index (κ3) is 3.08. The Morgan fingerprint density at radius 3 is 3.11 bits per heavy atom. The van der Waals surface area contributed by atoms with Crippen molar-refractivity contribution in [3.63, 3.8) is 0 Å². The van der Waals surface area contributed by atoms with E-state index in [1.54, 1.807) is 13.3 Å². The summed E-state index contributed by atoms with van der Waals surface area (Å²) in [5.74, 6) is 2.00. The summed E-state index contributed by atoms with van der Waals surface area (Å²) in [6.07, 6.45) is 6.56. The molecule has 4 heteroatoms. The molecule has 0 aromatic carbocycles. The van der Waals surface area contributed by atoms with Crippen LogP contribution >= 0.6 is 11.6 Å². The van der Waals surface area contributed by atoms with Crippen LogP contribution in [0.15, 0.2) is 18.3 Å². The molecule has 0 radical (unpaired) electrons. The Kier molecular flexibility index (Phi) is 4.33. The molecule has 2 unspecified atom stereocenters. The molecule has 0 spiro atoms. The molecule has 2 atom stereocenters. The van der Waals surface area contributed by atoms with Crippen LogP contribution in [0.3, 0.4) is 0 Å². The zero-order valence-electron chi connectivity index (χ0n) is 11.1. The zero-order chi connectivity index (χ0) is 13.0. The fourth-order valence-electron chi connectivity index (χ4n) is 2.83. The predicted octanol–water partition coefficient (Wildman–Crippen LogP) is 3.69. The fourth-order valence-corrected chi connectivity index (χ4v) is 3.14. The second-order valence-corrected chi connectivity index (χ2v) is 5.59. The van der Waals surface area contributed by atoms with Gasteiger partial charge < -0.3 is 10.1 Å². The first-order valence-corrected chi connectivity index (χ1v) is 7.05. The number of hydrogen-bond acceptors (Lipinski definition) is 3. The Morgan fingerprint density at radius 2 is 2.44 bits per heavy atom. The van der Waals surface area contributed by atoms with Crippen molar-refractivity contribution < 1.29 is 4.74 Å². The molecule has 1 aromatic rings. The van der Waals surface area contributed by atoms with E-state index in [0.29, 0.717) is 11.8 Å². The summed E-state index contributed by atoms with van der Waals surface area (Å²) < 4.78 is 5.15. The van der Waals surface area contributed by atoms with Crippen molar-refractivity contribution in [1.82, 2.24) is 4.98 Å². The SMILES string of the molecule is COc1cc(NC2(CCl)CCCC(C)C2)ccn1. The number of methoxy groups -OCH3 is 1. The molecule has 1 saturated carbocycles. The van der Waals surface area contributed by atoms with Gasteiger partial charge in [-0.15, -0.1) is 11.6 Å². The molecule has 1 fully saturated rings. The molecule has 1 aliphatic rings. The molecule has 100 valence electrons. The van der Waals surface area contributed by atoms with Crippen LogP contribution in [0.25, 0.3) is 0 Å². The summed E-state index contributed by atoms with van der Waals surface area (Å²) in [6.45, 7) is 2.30. The van der Waals surface area contributed by atoms with Gasteiger partial charge in [-0.1, -0.05) is 19.8 Å². The van der Waals surface area contributed by atoms with Gasteiger partial charge >= 0.3 is 0 Å². The number of alkyl halides is 1. The Hall–Kier alpha value is -0.960. The first-order chi connectivity index (χ1) is 8.67. The summed E-state index contributed by atoms with van der Waals surface area (Å²) in [4.78, 5) is 4.12. The molecule has 1 N–H and O–H groups in total. The fraction of sp³-hybridized carbons (Fsp3) is 0.643. The maximum Gasteiger partial charge on any atom is 0.214 e. The summed E-state index contributed by atoms with van der Waals surface area (Å²) >= 11 is 6.22. The Morgan fingerprint density at radius 1 is 1.61 bits per heavy atom. The Bertz CT molecular complexity index is 399. The number of rotatable bonds is 4. The maximum atomic E-state index is 6.22. The van der Waals surface area contributed by atoms with Crippen LogP contribution in [0, 0.1) is 5.92 Å².